The zero-order chi connectivity index (χ0) is 23.0. The van der Waals surface area contributed by atoms with Crippen molar-refractivity contribution in [1.82, 2.24) is 0 Å². The van der Waals surface area contributed by atoms with Gasteiger partial charge in [-0.1, -0.05) is 26.8 Å². The fourth-order valence-corrected chi connectivity index (χ4v) is 7.26. The molecule has 3 N–H and O–H groups in total. The Labute approximate surface area is 184 Å². The van der Waals surface area contributed by atoms with Crippen molar-refractivity contribution in [2.24, 2.45) is 16.7 Å². The smallest absolute Gasteiger partial charge is 0.171 e. The van der Waals surface area contributed by atoms with Crippen molar-refractivity contribution in [3.05, 3.63) is 12.7 Å². The maximum absolute atomic E-state index is 13.7. The van der Waals surface area contributed by atoms with Gasteiger partial charge in [-0.15, -0.1) is 6.58 Å². The van der Waals surface area contributed by atoms with Gasteiger partial charge in [0.05, 0.1) is 17.8 Å². The molecule has 176 valence electrons. The zero-order valence-corrected chi connectivity index (χ0v) is 19.4. The molecular weight excluding hydrogens is 400 g/mol. The number of rotatable bonds is 3. The number of Topliss-reactive ketones (excluding diaryl/α,β-unsaturated/α-hetero) is 1. The van der Waals surface area contributed by atoms with Crippen molar-refractivity contribution < 1.29 is 34.3 Å². The summed E-state index contributed by atoms with van der Waals surface area (Å²) in [5.74, 6) is -0.941. The molecule has 2 aliphatic carbocycles. The molecule has 7 nitrogen and oxygen atoms in total. The predicted octanol–water partition coefficient (Wildman–Crippen LogP) is 2.11. The van der Waals surface area contributed by atoms with Crippen LogP contribution in [0, 0.1) is 16.7 Å². The van der Waals surface area contributed by atoms with E-state index in [1.165, 1.54) is 6.08 Å². The lowest BCUT2D eigenvalue weighted by atomic mass is 9.40. The number of hydrogen-bond donors (Lipinski definition) is 3. The Bertz CT molecular complexity index is 761. The predicted molar refractivity (Wildman–Crippen MR) is 113 cm³/mol. The van der Waals surface area contributed by atoms with Crippen LogP contribution in [-0.2, 0) is 19.0 Å². The molecule has 2 saturated heterocycles. The number of hydrogen-bond acceptors (Lipinski definition) is 7. The van der Waals surface area contributed by atoms with Crippen LogP contribution < -0.4 is 0 Å². The van der Waals surface area contributed by atoms with Gasteiger partial charge < -0.3 is 29.5 Å². The highest BCUT2D eigenvalue weighted by Gasteiger charge is 2.80. The van der Waals surface area contributed by atoms with Gasteiger partial charge in [-0.3, -0.25) is 4.79 Å². The molecule has 9 atom stereocenters. The van der Waals surface area contributed by atoms with E-state index in [4.69, 9.17) is 14.2 Å². The van der Waals surface area contributed by atoms with Crippen LogP contribution in [-0.4, -0.2) is 69.1 Å². The van der Waals surface area contributed by atoms with Crippen LogP contribution >= 0.6 is 0 Å². The molecule has 0 spiro atoms. The van der Waals surface area contributed by atoms with E-state index < -0.39 is 63.9 Å². The summed E-state index contributed by atoms with van der Waals surface area (Å²) in [6.07, 6.45) is 0.614. The molecule has 0 bridgehead atoms. The Balaban J connectivity index is 1.92. The van der Waals surface area contributed by atoms with E-state index in [-0.39, 0.29) is 6.42 Å². The number of aliphatic hydroxyl groups is 3. The lowest BCUT2D eigenvalue weighted by Crippen LogP contribution is -2.86. The molecule has 2 aliphatic heterocycles. The van der Waals surface area contributed by atoms with Crippen LogP contribution in [0.4, 0.5) is 0 Å². The first-order valence-electron chi connectivity index (χ1n) is 11.5. The maximum atomic E-state index is 13.7. The van der Waals surface area contributed by atoms with Crippen LogP contribution in [0.25, 0.3) is 0 Å². The Kier molecular flexibility index (Phi) is 5.33. The quantitative estimate of drug-likeness (QED) is 0.580. The first-order valence-corrected chi connectivity index (χ1v) is 11.5. The van der Waals surface area contributed by atoms with Gasteiger partial charge in [-0.2, -0.15) is 0 Å². The summed E-state index contributed by atoms with van der Waals surface area (Å²) in [6.45, 7) is 13.5. The van der Waals surface area contributed by atoms with Gasteiger partial charge in [0, 0.05) is 30.8 Å². The Hall–Kier alpha value is -0.830. The van der Waals surface area contributed by atoms with Crippen LogP contribution in [0.2, 0.25) is 0 Å². The number of aliphatic hydroxyl groups excluding tert-OH is 2. The van der Waals surface area contributed by atoms with E-state index in [0.29, 0.717) is 25.9 Å². The summed E-state index contributed by atoms with van der Waals surface area (Å²) in [4.78, 5) is 13.7. The van der Waals surface area contributed by atoms with E-state index >= 15 is 0 Å². The van der Waals surface area contributed by atoms with Gasteiger partial charge in [0.1, 0.15) is 11.7 Å². The highest BCUT2D eigenvalue weighted by molar-refractivity contribution is 5.92. The van der Waals surface area contributed by atoms with E-state index in [1.54, 1.807) is 20.8 Å². The lowest BCUT2D eigenvalue weighted by molar-refractivity contribution is -0.382. The number of ether oxygens (including phenoxy) is 3. The Morgan fingerprint density at radius 1 is 1.16 bits per heavy atom. The monoisotopic (exact) mass is 438 g/mol. The standard InChI is InChI=1S/C24H38O7/c1-7-21(4)13-15(26)24(28)22(5)14(25)10-11-20(2,3)18(22)17(19(27)23(24,6)31-21)30-16-9-8-12-29-16/h7,14,16-19,25,27-28H,1,8-13H2,2-6H3/t14-,16?,17-,18-,19-,21-,22-,23+,24-/m0/s1. The molecule has 0 radical (unpaired) electrons. The Morgan fingerprint density at radius 3 is 2.42 bits per heavy atom. The second kappa shape index (κ2) is 7.08. The molecule has 4 rings (SSSR count). The number of ketones is 1. The van der Waals surface area contributed by atoms with E-state index in [2.05, 4.69) is 20.4 Å². The van der Waals surface area contributed by atoms with E-state index in [9.17, 15) is 20.1 Å². The fraction of sp³-hybridized carbons (Fsp3) is 0.875. The molecule has 1 unspecified atom stereocenters. The Morgan fingerprint density at radius 2 is 1.84 bits per heavy atom. The largest absolute Gasteiger partial charge is 0.392 e. The SMILES string of the molecule is C=C[C@@]1(C)CC(=O)[C@]2(O)[C@@]3(C)[C@@H](O)CCC(C)(C)[C@@H]3[C@H](OC3CCCO3)[C@H](O)[C@@]2(C)O1. The molecule has 0 amide bonds. The topological polar surface area (TPSA) is 105 Å². The van der Waals surface area contributed by atoms with Crippen LogP contribution in [0.5, 0.6) is 0 Å². The average molecular weight is 439 g/mol. The maximum Gasteiger partial charge on any atom is 0.171 e. The first kappa shape index (κ1) is 23.3. The van der Waals surface area contributed by atoms with Crippen molar-refractivity contribution in [3.8, 4) is 0 Å². The summed E-state index contributed by atoms with van der Waals surface area (Å²) in [6, 6.07) is 0. The number of carbonyl (C=O) groups is 1. The number of carbonyl (C=O) groups excluding carboxylic acids is 1. The fourth-order valence-electron chi connectivity index (χ4n) is 7.26. The molecule has 0 aromatic heterocycles. The third-order valence-corrected chi connectivity index (χ3v) is 8.93. The van der Waals surface area contributed by atoms with E-state index in [0.717, 1.165) is 6.42 Å². The van der Waals surface area contributed by atoms with Gasteiger partial charge in [0.25, 0.3) is 0 Å². The molecular formula is C24H38O7. The average Bonchev–Trinajstić information content (AvgIpc) is 3.20. The third-order valence-electron chi connectivity index (χ3n) is 8.93. The van der Waals surface area contributed by atoms with Gasteiger partial charge in [-0.25, -0.2) is 0 Å². The minimum atomic E-state index is -2.10. The molecule has 2 heterocycles. The van der Waals surface area contributed by atoms with Gasteiger partial charge in [0.2, 0.25) is 0 Å². The van der Waals surface area contributed by atoms with Crippen LogP contribution in [0.3, 0.4) is 0 Å². The molecule has 31 heavy (non-hydrogen) atoms. The molecule has 4 fully saturated rings. The summed E-state index contributed by atoms with van der Waals surface area (Å²) >= 11 is 0. The number of fused-ring (bicyclic) bond motifs is 3. The van der Waals surface area contributed by atoms with Crippen molar-refractivity contribution in [2.75, 3.05) is 6.61 Å². The zero-order valence-electron chi connectivity index (χ0n) is 19.4. The van der Waals surface area contributed by atoms with Gasteiger partial charge in [-0.05, 0) is 38.5 Å². The molecule has 0 aromatic rings. The second-order valence-corrected chi connectivity index (χ2v) is 11.3. The molecule has 7 heteroatoms. The highest BCUT2D eigenvalue weighted by Crippen LogP contribution is 2.67. The lowest BCUT2D eigenvalue weighted by Gasteiger charge is -2.71. The van der Waals surface area contributed by atoms with Crippen molar-refractivity contribution >= 4 is 5.78 Å². The van der Waals surface area contributed by atoms with Crippen molar-refractivity contribution in [3.63, 3.8) is 0 Å². The minimum Gasteiger partial charge on any atom is -0.392 e. The van der Waals surface area contributed by atoms with Gasteiger partial charge >= 0.3 is 0 Å². The molecule has 0 aromatic carbocycles. The second-order valence-electron chi connectivity index (χ2n) is 11.3. The first-order chi connectivity index (χ1) is 14.3. The summed E-state index contributed by atoms with van der Waals surface area (Å²) in [5.41, 5.74) is -6.54. The summed E-state index contributed by atoms with van der Waals surface area (Å²) in [7, 11) is 0. The minimum absolute atomic E-state index is 0.0813. The third kappa shape index (κ3) is 2.90. The van der Waals surface area contributed by atoms with Crippen molar-refractivity contribution in [1.29, 1.82) is 0 Å². The van der Waals surface area contributed by atoms with Crippen LogP contribution in [0.1, 0.15) is 66.7 Å². The molecule has 4 aliphatic rings. The van der Waals surface area contributed by atoms with Crippen LogP contribution in [0.15, 0.2) is 12.7 Å². The summed E-state index contributed by atoms with van der Waals surface area (Å²) < 4.78 is 18.4. The highest BCUT2D eigenvalue weighted by atomic mass is 16.7. The molecule has 2 saturated carbocycles. The van der Waals surface area contributed by atoms with Crippen molar-refractivity contribution in [2.45, 2.75) is 108 Å². The van der Waals surface area contributed by atoms with E-state index in [1.807, 2.05) is 0 Å². The normalized spacial score (nSPS) is 54.2. The summed E-state index contributed by atoms with van der Waals surface area (Å²) in [5, 5.41) is 35.3. The van der Waals surface area contributed by atoms with Gasteiger partial charge in [0.15, 0.2) is 17.7 Å².